The maximum atomic E-state index is 4.24. The number of imidazole rings is 1. The van der Waals surface area contributed by atoms with E-state index in [1.165, 1.54) is 0 Å². The van der Waals surface area contributed by atoms with Crippen LogP contribution in [0.15, 0.2) is 47.4 Å². The molecule has 3 aromatic rings. The monoisotopic (exact) mass is 566 g/mol. The van der Waals surface area contributed by atoms with Crippen molar-refractivity contribution < 1.29 is 19.8 Å². The Morgan fingerprint density at radius 3 is 1.96 bits per heavy atom. The number of hydrogen-bond donors (Lipinski definition) is 0. The second kappa shape index (κ2) is 10.9. The van der Waals surface area contributed by atoms with Crippen LogP contribution in [0.2, 0.25) is 0 Å². The van der Waals surface area contributed by atoms with Crippen LogP contribution in [0.4, 0.5) is 0 Å². The number of allylic oxidation sites excluding steroid dienone is 2. The van der Waals surface area contributed by atoms with Gasteiger partial charge in [-0.25, -0.2) is 0 Å². The average Bonchev–Trinajstić information content (AvgIpc) is 3.05. The van der Waals surface area contributed by atoms with E-state index in [-0.39, 0.29) is 35.6 Å². The quantitative estimate of drug-likeness (QED) is 0.446. The van der Waals surface area contributed by atoms with Gasteiger partial charge >= 0.3 is 19.8 Å². The molecule has 0 atom stereocenters. The molecule has 0 N–H and O–H groups in total. The molecular weight excluding hydrogens is 538 g/mol. The van der Waals surface area contributed by atoms with Crippen molar-refractivity contribution in [3.05, 3.63) is 47.4 Å². The summed E-state index contributed by atoms with van der Waals surface area (Å²) in [6.45, 7) is 14.1. The summed E-state index contributed by atoms with van der Waals surface area (Å²) in [5, 5.41) is 3.40. The van der Waals surface area contributed by atoms with Gasteiger partial charge in [0.15, 0.2) is 0 Å². The van der Waals surface area contributed by atoms with Gasteiger partial charge in [0.25, 0.3) is 0 Å². The standard InChI is InChI=1S/C10H6N5.C8H18P2.Os/c1-2-4-11-7(3-1)8-14-9-10(15-8)13-6-5-12-9;1-7(9(3)4)8(2)10(5)6;/h1-6H;1-6H3;/q-1;;+1/p+2/b;8-7-;. The molecule has 139 valence electrons. The van der Waals surface area contributed by atoms with Crippen molar-refractivity contribution in [3.63, 3.8) is 0 Å². The Morgan fingerprint density at radius 2 is 1.46 bits per heavy atom. The second-order valence-electron chi connectivity index (χ2n) is 6.22. The SMILES string of the molecule is C/C(=C(\C)[PH+](C)C)[PH+](C)C.[Os+].c1ccc(-c2nc3nccnc3[n-]2)nc1. The van der Waals surface area contributed by atoms with E-state index in [2.05, 4.69) is 65.4 Å². The third-order valence-corrected chi connectivity index (χ3v) is 8.04. The van der Waals surface area contributed by atoms with E-state index in [0.29, 0.717) is 17.1 Å². The van der Waals surface area contributed by atoms with Crippen molar-refractivity contribution in [2.24, 2.45) is 0 Å². The van der Waals surface area contributed by atoms with Crippen molar-refractivity contribution in [3.8, 4) is 11.5 Å². The number of fused-ring (bicyclic) bond motifs is 1. The molecule has 26 heavy (non-hydrogen) atoms. The summed E-state index contributed by atoms with van der Waals surface area (Å²) < 4.78 is 0. The fourth-order valence-corrected chi connectivity index (χ4v) is 5.07. The minimum Gasteiger partial charge on any atom is -0.365 e. The molecule has 0 aromatic carbocycles. The van der Waals surface area contributed by atoms with E-state index in [0.717, 1.165) is 5.69 Å². The zero-order chi connectivity index (χ0) is 18.4. The Hall–Kier alpha value is -1.06. The fraction of sp³-hybridized carbons (Fsp3) is 0.333. The largest absolute Gasteiger partial charge is 1.00 e. The Labute approximate surface area is 171 Å². The second-order valence-corrected chi connectivity index (χ2v) is 11.7. The first-order valence-electron chi connectivity index (χ1n) is 8.21. The maximum Gasteiger partial charge on any atom is 1.00 e. The Morgan fingerprint density at radius 1 is 0.846 bits per heavy atom. The molecule has 0 saturated heterocycles. The van der Waals surface area contributed by atoms with E-state index >= 15 is 0 Å². The molecule has 3 aromatic heterocycles. The van der Waals surface area contributed by atoms with Gasteiger partial charge in [0, 0.05) is 39.7 Å². The summed E-state index contributed by atoms with van der Waals surface area (Å²) in [7, 11) is -0.302. The van der Waals surface area contributed by atoms with Gasteiger partial charge in [-0.15, -0.1) is 0 Å². The smallest absolute Gasteiger partial charge is 0.365 e. The minimum atomic E-state index is -0.151. The molecule has 0 aliphatic carbocycles. The number of nitrogens with zero attached hydrogens (tertiary/aromatic N) is 5. The molecule has 0 fully saturated rings. The van der Waals surface area contributed by atoms with E-state index < -0.39 is 0 Å². The van der Waals surface area contributed by atoms with Gasteiger partial charge in [-0.05, 0) is 32.2 Å². The van der Waals surface area contributed by atoms with Crippen molar-refractivity contribution in [2.75, 3.05) is 26.7 Å². The predicted molar refractivity (Wildman–Crippen MR) is 113 cm³/mol. The van der Waals surface area contributed by atoms with Crippen LogP contribution >= 0.6 is 15.8 Å². The van der Waals surface area contributed by atoms with Crippen molar-refractivity contribution in [1.82, 2.24) is 24.9 Å². The van der Waals surface area contributed by atoms with E-state index in [9.17, 15) is 0 Å². The van der Waals surface area contributed by atoms with Crippen LogP contribution in [-0.2, 0) is 19.8 Å². The normalized spacial score (nSPS) is 11.7. The van der Waals surface area contributed by atoms with Gasteiger partial charge in [-0.1, -0.05) is 6.07 Å². The molecule has 0 aliphatic heterocycles. The van der Waals surface area contributed by atoms with Crippen LogP contribution in [0, 0.1) is 0 Å². The molecule has 0 saturated carbocycles. The molecule has 1 radical (unpaired) electrons. The van der Waals surface area contributed by atoms with E-state index in [1.807, 2.05) is 18.2 Å². The molecule has 5 nitrogen and oxygen atoms in total. The molecule has 0 bridgehead atoms. The number of pyridine rings is 1. The van der Waals surface area contributed by atoms with Gasteiger partial charge < -0.3 is 15.0 Å². The molecule has 8 heteroatoms. The fourth-order valence-electron chi connectivity index (χ4n) is 2.07. The molecule has 3 rings (SSSR count). The van der Waals surface area contributed by atoms with Gasteiger partial charge in [-0.3, -0.25) is 9.97 Å². The zero-order valence-electron chi connectivity index (χ0n) is 16.1. The van der Waals surface area contributed by atoms with Crippen molar-refractivity contribution in [2.45, 2.75) is 13.8 Å². The molecule has 0 aliphatic rings. The van der Waals surface area contributed by atoms with Crippen LogP contribution in [0.3, 0.4) is 0 Å². The van der Waals surface area contributed by atoms with Crippen molar-refractivity contribution in [1.29, 1.82) is 0 Å². The van der Waals surface area contributed by atoms with E-state index in [1.54, 1.807) is 29.2 Å². The number of aromatic nitrogens is 5. The summed E-state index contributed by atoms with van der Waals surface area (Å²) in [5.74, 6) is 0.566. The Bertz CT molecular complexity index is 798. The van der Waals surface area contributed by atoms with Crippen LogP contribution in [0.5, 0.6) is 0 Å². The zero-order valence-corrected chi connectivity index (χ0v) is 20.6. The summed E-state index contributed by atoms with van der Waals surface area (Å²) in [5.41, 5.74) is 1.84. The van der Waals surface area contributed by atoms with Crippen LogP contribution in [-0.4, -0.2) is 46.6 Å². The Balaban J connectivity index is 0.000000274. The van der Waals surface area contributed by atoms with Gasteiger partial charge in [-0.2, -0.15) is 0 Å². The first-order chi connectivity index (χ1) is 11.9. The topological polar surface area (TPSA) is 65.7 Å². The average molecular weight is 565 g/mol. The first kappa shape index (κ1) is 23.0. The van der Waals surface area contributed by atoms with Gasteiger partial charge in [0.1, 0.15) is 10.6 Å². The van der Waals surface area contributed by atoms with E-state index in [4.69, 9.17) is 0 Å². The summed E-state index contributed by atoms with van der Waals surface area (Å²) in [6.07, 6.45) is 4.90. The number of rotatable bonds is 3. The maximum absolute atomic E-state index is 4.24. The Kier molecular flexibility index (Phi) is 9.66. The third-order valence-electron chi connectivity index (χ3n) is 4.04. The first-order valence-corrected chi connectivity index (χ1v) is 13.2. The summed E-state index contributed by atoms with van der Waals surface area (Å²) >= 11 is 0. The molecule has 3 heterocycles. The van der Waals surface area contributed by atoms with Gasteiger partial charge in [0.05, 0.1) is 38.0 Å². The minimum absolute atomic E-state index is 0. The van der Waals surface area contributed by atoms with Crippen LogP contribution < -0.4 is 4.98 Å². The van der Waals surface area contributed by atoms with Crippen LogP contribution in [0.25, 0.3) is 22.8 Å². The summed E-state index contributed by atoms with van der Waals surface area (Å²) in [6, 6.07) is 5.60. The number of hydrogen-bond acceptors (Lipinski definition) is 4. The third kappa shape index (κ3) is 6.28. The van der Waals surface area contributed by atoms with Gasteiger partial charge in [0.2, 0.25) is 0 Å². The molecule has 0 unspecified atom stereocenters. The predicted octanol–water partition coefficient (Wildman–Crippen LogP) is 4.23. The molecular formula is C18H26N5OsP2+2. The molecule has 0 spiro atoms. The molecule has 0 amide bonds. The summed E-state index contributed by atoms with van der Waals surface area (Å²) in [4.78, 5) is 20.8. The van der Waals surface area contributed by atoms with Crippen molar-refractivity contribution >= 4 is 27.1 Å². The van der Waals surface area contributed by atoms with Crippen LogP contribution in [0.1, 0.15) is 13.8 Å².